The van der Waals surface area contributed by atoms with Crippen LogP contribution in [0.25, 0.3) is 0 Å². The molecular weight excluding hydrogens is 424 g/mol. The van der Waals surface area contributed by atoms with Crippen molar-refractivity contribution in [1.82, 2.24) is 0 Å². The summed E-state index contributed by atoms with van der Waals surface area (Å²) in [5.74, 6) is -0.461. The zero-order valence-corrected chi connectivity index (χ0v) is 22.6. The molecule has 192 valence electrons. The van der Waals surface area contributed by atoms with Gasteiger partial charge in [-0.3, -0.25) is 4.79 Å². The first kappa shape index (κ1) is 25.9. The van der Waals surface area contributed by atoms with Gasteiger partial charge in [0.15, 0.2) is 0 Å². The molecule has 0 bridgehead atoms. The zero-order chi connectivity index (χ0) is 25.3. The molecule has 7 atom stereocenters. The van der Waals surface area contributed by atoms with E-state index in [9.17, 15) is 20.1 Å². The van der Waals surface area contributed by atoms with Crippen LogP contribution in [-0.4, -0.2) is 33.0 Å². The van der Waals surface area contributed by atoms with E-state index in [2.05, 4.69) is 46.8 Å². The summed E-state index contributed by atoms with van der Waals surface area (Å²) < 4.78 is 0. The fourth-order valence-corrected chi connectivity index (χ4v) is 8.93. The highest BCUT2D eigenvalue weighted by Gasteiger charge is 2.63. The Bertz CT molecular complexity index is 892. The second kappa shape index (κ2) is 8.20. The average Bonchev–Trinajstić information content (AvgIpc) is 2.99. The van der Waals surface area contributed by atoms with E-state index in [1.54, 1.807) is 13.8 Å². The molecule has 2 saturated carbocycles. The van der Waals surface area contributed by atoms with E-state index in [1.165, 1.54) is 11.1 Å². The van der Waals surface area contributed by atoms with Crippen LogP contribution in [0.2, 0.25) is 0 Å². The summed E-state index contributed by atoms with van der Waals surface area (Å²) in [5, 5.41) is 31.2. The third kappa shape index (κ3) is 3.74. The lowest BCUT2D eigenvalue weighted by molar-refractivity contribution is -0.146. The van der Waals surface area contributed by atoms with Gasteiger partial charge in [-0.2, -0.15) is 0 Å². The smallest absolute Gasteiger partial charge is 0.306 e. The zero-order valence-electron chi connectivity index (χ0n) is 22.6. The molecule has 4 nitrogen and oxygen atoms in total. The molecule has 0 aromatic rings. The number of aliphatic hydroxyl groups is 2. The highest BCUT2D eigenvalue weighted by Crippen LogP contribution is 2.71. The summed E-state index contributed by atoms with van der Waals surface area (Å²) in [7, 11) is 0. The van der Waals surface area contributed by atoms with Gasteiger partial charge in [0.25, 0.3) is 0 Å². The number of allylic oxidation sites excluding steroid dienone is 4. The number of hydrogen-bond acceptors (Lipinski definition) is 3. The molecule has 0 saturated heterocycles. The number of hydrogen-bond donors (Lipinski definition) is 3. The van der Waals surface area contributed by atoms with Crippen LogP contribution in [-0.2, 0) is 4.79 Å². The van der Waals surface area contributed by atoms with Crippen molar-refractivity contribution >= 4 is 5.97 Å². The maximum absolute atomic E-state index is 12.5. The quantitative estimate of drug-likeness (QED) is 0.411. The number of aliphatic hydroxyl groups excluding tert-OH is 1. The molecule has 3 N–H and O–H groups in total. The Kier molecular flexibility index (Phi) is 6.26. The van der Waals surface area contributed by atoms with Gasteiger partial charge >= 0.3 is 5.97 Å². The molecule has 0 amide bonds. The van der Waals surface area contributed by atoms with Crippen LogP contribution in [0, 0.1) is 39.4 Å². The second-order valence-electron chi connectivity index (χ2n) is 14.1. The van der Waals surface area contributed by atoms with E-state index in [0.717, 1.165) is 44.9 Å². The van der Waals surface area contributed by atoms with Gasteiger partial charge in [0.2, 0.25) is 0 Å². The van der Waals surface area contributed by atoms with Crippen molar-refractivity contribution in [2.75, 3.05) is 0 Å². The highest BCUT2D eigenvalue weighted by atomic mass is 16.4. The number of rotatable bonds is 6. The first-order valence-corrected chi connectivity index (χ1v) is 13.6. The lowest BCUT2D eigenvalue weighted by atomic mass is 9.44. The molecule has 2 fully saturated rings. The van der Waals surface area contributed by atoms with Crippen molar-refractivity contribution in [1.29, 1.82) is 0 Å². The van der Waals surface area contributed by atoms with Gasteiger partial charge in [-0.15, -0.1) is 0 Å². The predicted octanol–water partition coefficient (Wildman–Crippen LogP) is 6.51. The van der Waals surface area contributed by atoms with Crippen LogP contribution in [0.1, 0.15) is 106 Å². The van der Waals surface area contributed by atoms with E-state index in [-0.39, 0.29) is 39.6 Å². The van der Waals surface area contributed by atoms with E-state index < -0.39 is 11.6 Å². The molecule has 0 heterocycles. The Balaban J connectivity index is 1.66. The lowest BCUT2D eigenvalue weighted by Gasteiger charge is -2.61. The number of carboxylic acids is 1. The molecule has 2 unspecified atom stereocenters. The first-order valence-electron chi connectivity index (χ1n) is 13.6. The van der Waals surface area contributed by atoms with Gasteiger partial charge in [-0.05, 0) is 116 Å². The monoisotopic (exact) mass is 472 g/mol. The summed E-state index contributed by atoms with van der Waals surface area (Å²) in [6, 6.07) is 0. The molecule has 4 aliphatic rings. The van der Waals surface area contributed by atoms with Crippen molar-refractivity contribution in [2.24, 2.45) is 39.4 Å². The van der Waals surface area contributed by atoms with Crippen molar-refractivity contribution in [2.45, 2.75) is 118 Å². The van der Waals surface area contributed by atoms with Crippen LogP contribution >= 0.6 is 0 Å². The van der Waals surface area contributed by atoms with Crippen LogP contribution in [0.4, 0.5) is 0 Å². The van der Waals surface area contributed by atoms with Crippen LogP contribution in [0.5, 0.6) is 0 Å². The Morgan fingerprint density at radius 3 is 2.38 bits per heavy atom. The predicted molar refractivity (Wildman–Crippen MR) is 136 cm³/mol. The van der Waals surface area contributed by atoms with Gasteiger partial charge < -0.3 is 15.3 Å². The summed E-state index contributed by atoms with van der Waals surface area (Å²) in [5.41, 5.74) is 2.11. The minimum Gasteiger partial charge on any atom is -0.481 e. The molecule has 34 heavy (non-hydrogen) atoms. The third-order valence-electron chi connectivity index (χ3n) is 11.4. The SMILES string of the molecule is CC(C)(O)CCC[C@@H](C(=O)O)[C@H]1CC[C@@]2(C)C3=CCC4C(C)(CC[C@H](O)C4(C)C)C3=CC[C@]12C. The fourth-order valence-electron chi connectivity index (χ4n) is 8.93. The van der Waals surface area contributed by atoms with Crippen molar-refractivity contribution in [3.05, 3.63) is 23.3 Å². The molecule has 0 radical (unpaired) electrons. The van der Waals surface area contributed by atoms with Crippen LogP contribution < -0.4 is 0 Å². The van der Waals surface area contributed by atoms with Gasteiger partial charge in [-0.25, -0.2) is 0 Å². The van der Waals surface area contributed by atoms with Gasteiger partial charge in [-0.1, -0.05) is 46.8 Å². The summed E-state index contributed by atoms with van der Waals surface area (Å²) in [4.78, 5) is 12.5. The maximum atomic E-state index is 12.5. The van der Waals surface area contributed by atoms with Gasteiger partial charge in [0, 0.05) is 0 Å². The molecule has 0 spiro atoms. The Hall–Kier alpha value is -1.13. The Morgan fingerprint density at radius 2 is 1.76 bits per heavy atom. The molecule has 0 aromatic carbocycles. The molecule has 4 rings (SSSR count). The topological polar surface area (TPSA) is 77.8 Å². The standard InChI is InChI=1S/C30H48O4/c1-26(2,34)15-8-9-19(25(32)33)20-12-17-30(7)22-10-11-23-27(3,4)24(31)14-16-28(23,5)21(22)13-18-29(20,30)6/h10,13,19-20,23-24,31,34H,8-9,11-12,14-18H2,1-7H3,(H,32,33)/t19-,20-,23?,24+,28?,29-,30+/m1/s1. The molecule has 0 aliphatic heterocycles. The van der Waals surface area contributed by atoms with Crippen LogP contribution in [0.15, 0.2) is 23.3 Å². The average molecular weight is 473 g/mol. The largest absolute Gasteiger partial charge is 0.481 e. The van der Waals surface area contributed by atoms with Crippen molar-refractivity contribution in [3.63, 3.8) is 0 Å². The fraction of sp³-hybridized carbons (Fsp3) is 0.833. The number of fused-ring (bicyclic) bond motifs is 5. The van der Waals surface area contributed by atoms with E-state index in [1.807, 2.05) is 0 Å². The Morgan fingerprint density at radius 1 is 1.09 bits per heavy atom. The normalized spacial score (nSPS) is 42.1. The summed E-state index contributed by atoms with van der Waals surface area (Å²) >= 11 is 0. The lowest BCUT2D eigenvalue weighted by Crippen LogP contribution is -2.54. The summed E-state index contributed by atoms with van der Waals surface area (Å²) in [6.07, 6.45) is 12.5. The first-order chi connectivity index (χ1) is 15.6. The van der Waals surface area contributed by atoms with E-state index >= 15 is 0 Å². The molecule has 4 aliphatic carbocycles. The molecule has 0 aromatic heterocycles. The van der Waals surface area contributed by atoms with Crippen molar-refractivity contribution < 1.29 is 20.1 Å². The van der Waals surface area contributed by atoms with Gasteiger partial charge in [0.1, 0.15) is 0 Å². The number of aliphatic carboxylic acids is 1. The summed E-state index contributed by atoms with van der Waals surface area (Å²) in [6.45, 7) is 15.3. The Labute approximate surface area is 206 Å². The highest BCUT2D eigenvalue weighted by molar-refractivity contribution is 5.71. The minimum atomic E-state index is -0.750. The van der Waals surface area contributed by atoms with Gasteiger partial charge in [0.05, 0.1) is 17.6 Å². The van der Waals surface area contributed by atoms with E-state index in [0.29, 0.717) is 18.8 Å². The maximum Gasteiger partial charge on any atom is 0.306 e. The molecular formula is C30H48O4. The molecule has 4 heteroatoms. The minimum absolute atomic E-state index is 0.0140. The second-order valence-corrected chi connectivity index (χ2v) is 14.1. The number of carbonyl (C=O) groups is 1. The third-order valence-corrected chi connectivity index (χ3v) is 11.4. The van der Waals surface area contributed by atoms with Crippen molar-refractivity contribution in [3.8, 4) is 0 Å². The number of carboxylic acid groups (broad SMARTS) is 1. The van der Waals surface area contributed by atoms with E-state index in [4.69, 9.17) is 0 Å². The van der Waals surface area contributed by atoms with Crippen LogP contribution in [0.3, 0.4) is 0 Å².